The highest BCUT2D eigenvalue weighted by Crippen LogP contribution is 2.31. The Balaban J connectivity index is 0.00000121. The molecule has 0 radical (unpaired) electrons. The molecule has 4 aromatic rings. The first-order valence-electron chi connectivity index (χ1n) is 12.2. The van der Waals surface area contributed by atoms with Crippen LogP contribution in [0.4, 0.5) is 5.82 Å². The lowest BCUT2D eigenvalue weighted by Crippen LogP contribution is -2.29. The zero-order valence-corrected chi connectivity index (χ0v) is 24.9. The van der Waals surface area contributed by atoms with Gasteiger partial charge in [0.25, 0.3) is 0 Å². The Morgan fingerprint density at radius 3 is 2.26 bits per heavy atom. The van der Waals surface area contributed by atoms with Gasteiger partial charge < -0.3 is 10.4 Å². The predicted octanol–water partition coefficient (Wildman–Crippen LogP) is 6.38. The molecule has 2 aromatic heterocycles. The zero-order valence-electron chi connectivity index (χ0n) is 22.5. The summed E-state index contributed by atoms with van der Waals surface area (Å²) in [6.45, 7) is 16.7. The van der Waals surface area contributed by atoms with Crippen LogP contribution in [0.3, 0.4) is 0 Å². The second-order valence-corrected chi connectivity index (χ2v) is 11.5. The van der Waals surface area contributed by atoms with Gasteiger partial charge >= 0.3 is 0 Å². The lowest BCUT2D eigenvalue weighted by Gasteiger charge is -2.19. The van der Waals surface area contributed by atoms with Gasteiger partial charge in [0.2, 0.25) is 10.0 Å². The quantitative estimate of drug-likeness (QED) is 0.167. The van der Waals surface area contributed by atoms with Crippen molar-refractivity contribution in [2.75, 3.05) is 18.4 Å². The Kier molecular flexibility index (Phi) is 11.1. The van der Waals surface area contributed by atoms with Crippen LogP contribution in [0, 0.1) is 0 Å². The molecule has 0 atom stereocenters. The number of anilines is 1. The molecule has 0 aliphatic carbocycles. The van der Waals surface area contributed by atoms with Crippen molar-refractivity contribution in [3.05, 3.63) is 84.0 Å². The summed E-state index contributed by atoms with van der Waals surface area (Å²) in [6, 6.07) is 15.7. The van der Waals surface area contributed by atoms with E-state index in [1.165, 1.54) is 0 Å². The smallest absolute Gasteiger partial charge is 0.240 e. The summed E-state index contributed by atoms with van der Waals surface area (Å²) in [5.74, 6) is 0.730. The number of aromatic hydroxyl groups is 1. The number of halogens is 1. The number of phenols is 1. The van der Waals surface area contributed by atoms with Crippen LogP contribution in [-0.4, -0.2) is 41.2 Å². The molecule has 204 valence electrons. The highest BCUT2D eigenvalue weighted by atomic mass is 79.9. The molecule has 0 fully saturated rings. The number of phenolic OH excluding ortho intramolecular Hbond substituents is 1. The number of sulfonamides is 1. The third kappa shape index (κ3) is 7.43. The number of nitrogens with one attached hydrogen (secondary N) is 2. The van der Waals surface area contributed by atoms with Gasteiger partial charge in [0.1, 0.15) is 11.6 Å². The lowest BCUT2D eigenvalue weighted by molar-refractivity contribution is 0.477. The molecule has 0 spiro atoms. The predicted molar refractivity (Wildman–Crippen MR) is 159 cm³/mol. The van der Waals surface area contributed by atoms with E-state index in [1.807, 2.05) is 32.0 Å². The second-order valence-electron chi connectivity index (χ2n) is 8.87. The number of fused-ring (bicyclic) bond motifs is 1. The topological polar surface area (TPSA) is 109 Å². The third-order valence-corrected chi connectivity index (χ3v) is 7.40. The maximum Gasteiger partial charge on any atom is 0.240 e. The van der Waals surface area contributed by atoms with Gasteiger partial charge in [-0.2, -0.15) is 9.61 Å². The molecule has 2 aromatic carbocycles. The van der Waals surface area contributed by atoms with Gasteiger partial charge in [-0.25, -0.2) is 18.1 Å². The first kappa shape index (κ1) is 31.0. The zero-order chi connectivity index (χ0) is 28.5. The Morgan fingerprint density at radius 2 is 1.66 bits per heavy atom. The largest absolute Gasteiger partial charge is 0.507 e. The fraction of sp³-hybridized carbons (Fsp3) is 0.286. The van der Waals surface area contributed by atoms with Crippen LogP contribution >= 0.6 is 15.9 Å². The van der Waals surface area contributed by atoms with Crippen LogP contribution < -0.4 is 10.0 Å². The Bertz CT molecular complexity index is 1450. The molecule has 0 unspecified atom stereocenters. The first-order valence-corrected chi connectivity index (χ1v) is 14.5. The van der Waals surface area contributed by atoms with Gasteiger partial charge in [0, 0.05) is 24.7 Å². The van der Waals surface area contributed by atoms with Gasteiger partial charge in [-0.3, -0.25) is 0 Å². The number of para-hydroxylation sites is 1. The van der Waals surface area contributed by atoms with Crippen molar-refractivity contribution >= 4 is 37.4 Å². The summed E-state index contributed by atoms with van der Waals surface area (Å²) in [4.78, 5) is 4.83. The summed E-state index contributed by atoms with van der Waals surface area (Å²) in [5, 5.41) is 17.8. The van der Waals surface area contributed by atoms with E-state index < -0.39 is 10.0 Å². The van der Waals surface area contributed by atoms with E-state index in [2.05, 4.69) is 70.0 Å². The van der Waals surface area contributed by atoms with E-state index in [4.69, 9.17) is 0 Å². The van der Waals surface area contributed by atoms with E-state index in [9.17, 15) is 13.5 Å². The molecule has 2 heterocycles. The van der Waals surface area contributed by atoms with Crippen LogP contribution in [0.25, 0.3) is 16.9 Å². The number of aromatic nitrogens is 3. The molecule has 0 bridgehead atoms. The van der Waals surface area contributed by atoms with Crippen molar-refractivity contribution < 1.29 is 13.5 Å². The normalized spacial score (nSPS) is 11.2. The van der Waals surface area contributed by atoms with Crippen LogP contribution in [0.1, 0.15) is 40.2 Å². The molecule has 8 nitrogen and oxygen atoms in total. The summed E-state index contributed by atoms with van der Waals surface area (Å²) < 4.78 is 30.3. The summed E-state index contributed by atoms with van der Waals surface area (Å²) >= 11 is 3.45. The van der Waals surface area contributed by atoms with Crippen molar-refractivity contribution in [3.8, 4) is 17.0 Å². The minimum atomic E-state index is -3.64. The lowest BCUT2D eigenvalue weighted by atomic mass is 9.87. The van der Waals surface area contributed by atoms with Crippen LogP contribution in [0.15, 0.2) is 83.3 Å². The molecule has 0 saturated carbocycles. The van der Waals surface area contributed by atoms with Crippen molar-refractivity contribution in [3.63, 3.8) is 0 Å². The third-order valence-electron chi connectivity index (χ3n) is 5.36. The van der Waals surface area contributed by atoms with Gasteiger partial charge in [-0.15, -0.1) is 13.2 Å². The average Bonchev–Trinajstić information content (AvgIpc) is 3.29. The first-order chi connectivity index (χ1) is 18.1. The molecule has 3 N–H and O–H groups in total. The summed E-state index contributed by atoms with van der Waals surface area (Å²) in [7, 11) is -3.64. The van der Waals surface area contributed by atoms with Crippen molar-refractivity contribution in [2.24, 2.45) is 0 Å². The Labute approximate surface area is 234 Å². The van der Waals surface area contributed by atoms with E-state index in [1.54, 1.807) is 47.1 Å². The standard InChI is InChI=1S/C24H26BrN5O3S.C2H6.C2H4/c1-24(2,3)16-8-10-17(11-9-16)34(32,33)28-13-12-26-22-14-20(18-6-4-5-7-21(18)31)29-23-19(25)15-27-30(22)23;2*1-2/h4-11,14-15,26,28,31H,12-13H2,1-3H3;1-2H3;1-2H2. The molecule has 4 rings (SSSR count). The van der Waals surface area contributed by atoms with Gasteiger partial charge in [-0.1, -0.05) is 58.9 Å². The van der Waals surface area contributed by atoms with Crippen LogP contribution in [-0.2, 0) is 15.4 Å². The number of benzene rings is 2. The van der Waals surface area contributed by atoms with E-state index in [0.29, 0.717) is 33.7 Å². The number of nitrogens with zero attached hydrogens (tertiary/aromatic N) is 3. The summed E-state index contributed by atoms with van der Waals surface area (Å²) in [5.41, 5.74) is 2.74. The van der Waals surface area contributed by atoms with E-state index in [0.717, 1.165) is 5.56 Å². The van der Waals surface area contributed by atoms with Crippen molar-refractivity contribution in [1.82, 2.24) is 19.3 Å². The monoisotopic (exact) mass is 601 g/mol. The summed E-state index contributed by atoms with van der Waals surface area (Å²) in [6.07, 6.45) is 1.63. The van der Waals surface area contributed by atoms with Crippen molar-refractivity contribution in [1.29, 1.82) is 0 Å². The SMILES string of the molecule is C=C.CC.CC(C)(C)c1ccc(S(=O)(=O)NCCNc2cc(-c3ccccc3O)nc3c(Br)cnn23)cc1. The molecule has 38 heavy (non-hydrogen) atoms. The van der Waals surface area contributed by atoms with Crippen LogP contribution in [0.2, 0.25) is 0 Å². The minimum Gasteiger partial charge on any atom is -0.507 e. The van der Waals surface area contributed by atoms with Gasteiger partial charge in [-0.05, 0) is 51.2 Å². The number of rotatable bonds is 7. The Hall–Kier alpha value is -3.21. The second kappa shape index (κ2) is 13.5. The molecule has 0 aliphatic rings. The molecular formula is C28H36BrN5O3S. The Morgan fingerprint density at radius 1 is 1.03 bits per heavy atom. The fourth-order valence-electron chi connectivity index (χ4n) is 3.48. The van der Waals surface area contributed by atoms with Gasteiger partial charge in [0.05, 0.1) is 21.3 Å². The van der Waals surface area contributed by atoms with E-state index in [-0.39, 0.29) is 22.6 Å². The average molecular weight is 603 g/mol. The number of hydrogen-bond acceptors (Lipinski definition) is 6. The highest BCUT2D eigenvalue weighted by Gasteiger charge is 2.18. The molecular weight excluding hydrogens is 566 g/mol. The minimum absolute atomic E-state index is 0.0492. The molecule has 0 saturated heterocycles. The molecule has 0 amide bonds. The highest BCUT2D eigenvalue weighted by molar-refractivity contribution is 9.10. The van der Waals surface area contributed by atoms with Gasteiger partial charge in [0.15, 0.2) is 5.65 Å². The fourth-order valence-corrected chi connectivity index (χ4v) is 4.86. The number of hydrogen-bond donors (Lipinski definition) is 3. The van der Waals surface area contributed by atoms with E-state index >= 15 is 0 Å². The maximum atomic E-state index is 12.7. The molecule has 0 aliphatic heterocycles. The van der Waals surface area contributed by atoms with Crippen LogP contribution in [0.5, 0.6) is 5.75 Å². The maximum absolute atomic E-state index is 12.7. The molecule has 10 heteroatoms. The van der Waals surface area contributed by atoms with Crippen molar-refractivity contribution in [2.45, 2.75) is 44.9 Å².